The lowest BCUT2D eigenvalue weighted by molar-refractivity contribution is -0.151. The van der Waals surface area contributed by atoms with Crippen molar-refractivity contribution in [1.29, 1.82) is 0 Å². The van der Waals surface area contributed by atoms with Gasteiger partial charge in [-0.15, -0.1) is 0 Å². The van der Waals surface area contributed by atoms with Gasteiger partial charge in [-0.25, -0.2) is 4.79 Å². The summed E-state index contributed by atoms with van der Waals surface area (Å²) < 4.78 is 17.5. The van der Waals surface area contributed by atoms with Crippen molar-refractivity contribution in [2.24, 2.45) is 0 Å². The molecule has 1 saturated heterocycles. The molecule has 29 heavy (non-hydrogen) atoms. The summed E-state index contributed by atoms with van der Waals surface area (Å²) >= 11 is 0. The summed E-state index contributed by atoms with van der Waals surface area (Å²) in [4.78, 5) is 26.2. The molecule has 0 N–H and O–H groups in total. The van der Waals surface area contributed by atoms with Crippen LogP contribution in [0.15, 0.2) is 0 Å². The monoisotopic (exact) mass is 429 g/mol. The summed E-state index contributed by atoms with van der Waals surface area (Å²) in [6.45, 7) is 19.5. The van der Waals surface area contributed by atoms with Crippen LogP contribution in [0.3, 0.4) is 0 Å². The zero-order valence-corrected chi connectivity index (χ0v) is 21.1. The van der Waals surface area contributed by atoms with Gasteiger partial charge in [0, 0.05) is 20.1 Å². The van der Waals surface area contributed by atoms with Crippen LogP contribution in [0.25, 0.3) is 0 Å². The van der Waals surface area contributed by atoms with E-state index in [1.165, 1.54) is 6.92 Å². The number of ether oxygens (including phenoxy) is 2. The fourth-order valence-corrected chi connectivity index (χ4v) is 4.35. The van der Waals surface area contributed by atoms with E-state index < -0.39 is 13.9 Å². The van der Waals surface area contributed by atoms with E-state index in [0.717, 1.165) is 25.7 Å². The molecule has 1 fully saturated rings. The molecular formula is C22H43NO5Si. The van der Waals surface area contributed by atoms with Gasteiger partial charge in [-0.05, 0) is 71.0 Å². The SMILES string of the molecule is CC(=O)O[C@H](CCCO[Si](C)(C)C(C)(C)C)[C@@H]1CCCCN1C(=O)OC(C)(C)C. The van der Waals surface area contributed by atoms with Crippen molar-refractivity contribution in [1.82, 2.24) is 4.90 Å². The number of carbonyl (C=O) groups is 2. The molecule has 0 aromatic rings. The Labute approximate surface area is 178 Å². The quantitative estimate of drug-likeness (QED) is 0.303. The molecule has 1 aliphatic heterocycles. The molecule has 7 heteroatoms. The number of likely N-dealkylation sites (tertiary alicyclic amines) is 1. The van der Waals surface area contributed by atoms with Crippen LogP contribution >= 0.6 is 0 Å². The maximum Gasteiger partial charge on any atom is 0.410 e. The van der Waals surface area contributed by atoms with Crippen molar-refractivity contribution >= 4 is 20.4 Å². The lowest BCUT2D eigenvalue weighted by Crippen LogP contribution is -2.52. The second-order valence-corrected chi connectivity index (χ2v) is 15.4. The Hall–Kier alpha value is -1.08. The highest BCUT2D eigenvalue weighted by Crippen LogP contribution is 2.36. The molecule has 0 spiro atoms. The zero-order chi connectivity index (χ0) is 22.5. The molecule has 0 aromatic carbocycles. The van der Waals surface area contributed by atoms with E-state index in [9.17, 15) is 9.59 Å². The third-order valence-corrected chi connectivity index (χ3v) is 10.4. The van der Waals surface area contributed by atoms with Gasteiger partial charge in [-0.2, -0.15) is 0 Å². The summed E-state index contributed by atoms with van der Waals surface area (Å²) in [5, 5.41) is 0.166. The summed E-state index contributed by atoms with van der Waals surface area (Å²) in [6.07, 6.45) is 3.60. The summed E-state index contributed by atoms with van der Waals surface area (Å²) in [6, 6.07) is -0.143. The van der Waals surface area contributed by atoms with Crippen LogP contribution in [-0.4, -0.2) is 56.2 Å². The summed E-state index contributed by atoms with van der Waals surface area (Å²) in [7, 11) is -1.80. The molecule has 1 amide bonds. The molecule has 0 bridgehead atoms. The minimum atomic E-state index is -1.80. The van der Waals surface area contributed by atoms with Crippen LogP contribution in [0.4, 0.5) is 4.79 Å². The number of nitrogens with zero attached hydrogens (tertiary/aromatic N) is 1. The second-order valence-electron chi connectivity index (χ2n) is 10.6. The molecule has 1 rings (SSSR count). The lowest BCUT2D eigenvalue weighted by Gasteiger charge is -2.40. The Morgan fingerprint density at radius 2 is 1.72 bits per heavy atom. The Bertz CT molecular complexity index is 550. The Kier molecular flexibility index (Phi) is 9.21. The van der Waals surface area contributed by atoms with Crippen LogP contribution in [0.5, 0.6) is 0 Å². The van der Waals surface area contributed by atoms with Gasteiger partial charge in [0.2, 0.25) is 0 Å². The second kappa shape index (κ2) is 10.3. The van der Waals surface area contributed by atoms with Crippen molar-refractivity contribution in [3.63, 3.8) is 0 Å². The van der Waals surface area contributed by atoms with Crippen LogP contribution < -0.4 is 0 Å². The smallest absolute Gasteiger partial charge is 0.410 e. The van der Waals surface area contributed by atoms with Gasteiger partial charge >= 0.3 is 12.1 Å². The van der Waals surface area contributed by atoms with Crippen LogP contribution in [0.2, 0.25) is 18.1 Å². The van der Waals surface area contributed by atoms with E-state index in [2.05, 4.69) is 33.9 Å². The standard InChI is InChI=1S/C22H43NO5Si/c1-17(24)27-19(14-12-16-26-29(8,9)22(5,6)7)18-13-10-11-15-23(18)20(25)28-21(2,3)4/h18-19H,10-16H2,1-9H3/t18-,19+/m0/s1. The highest BCUT2D eigenvalue weighted by Gasteiger charge is 2.38. The minimum absolute atomic E-state index is 0.143. The van der Waals surface area contributed by atoms with Crippen molar-refractivity contribution in [3.8, 4) is 0 Å². The number of carbonyl (C=O) groups excluding carboxylic acids is 2. The molecule has 0 radical (unpaired) electrons. The van der Waals surface area contributed by atoms with E-state index in [1.807, 2.05) is 20.8 Å². The molecule has 1 heterocycles. The first-order valence-electron chi connectivity index (χ1n) is 10.9. The molecule has 170 valence electrons. The van der Waals surface area contributed by atoms with Gasteiger partial charge in [0.25, 0.3) is 0 Å². The van der Waals surface area contributed by atoms with Gasteiger partial charge in [0.05, 0.1) is 6.04 Å². The normalized spacial score (nSPS) is 19.6. The molecule has 0 aliphatic carbocycles. The minimum Gasteiger partial charge on any atom is -0.460 e. The van der Waals surface area contributed by atoms with Gasteiger partial charge in [-0.3, -0.25) is 4.79 Å². The molecule has 0 unspecified atom stereocenters. The van der Waals surface area contributed by atoms with Crippen molar-refractivity contribution in [2.45, 2.75) is 116 Å². The predicted molar refractivity (Wildman–Crippen MR) is 119 cm³/mol. The lowest BCUT2D eigenvalue weighted by atomic mass is 9.95. The average molecular weight is 430 g/mol. The largest absolute Gasteiger partial charge is 0.460 e. The topological polar surface area (TPSA) is 65.1 Å². The van der Waals surface area contributed by atoms with E-state index in [4.69, 9.17) is 13.9 Å². The first-order chi connectivity index (χ1) is 13.1. The molecule has 0 saturated carbocycles. The van der Waals surface area contributed by atoms with Crippen LogP contribution in [-0.2, 0) is 18.7 Å². The van der Waals surface area contributed by atoms with Gasteiger partial charge in [0.1, 0.15) is 11.7 Å². The van der Waals surface area contributed by atoms with Crippen molar-refractivity contribution in [3.05, 3.63) is 0 Å². The Morgan fingerprint density at radius 3 is 2.24 bits per heavy atom. The van der Waals surface area contributed by atoms with E-state index in [-0.39, 0.29) is 29.2 Å². The van der Waals surface area contributed by atoms with Crippen molar-refractivity contribution in [2.75, 3.05) is 13.2 Å². The third-order valence-electron chi connectivity index (χ3n) is 5.83. The van der Waals surface area contributed by atoms with Gasteiger partial charge in [0.15, 0.2) is 8.32 Å². The Morgan fingerprint density at radius 1 is 1.10 bits per heavy atom. The number of piperidine rings is 1. The number of hydrogen-bond acceptors (Lipinski definition) is 5. The fraction of sp³-hybridized carbons (Fsp3) is 0.909. The number of hydrogen-bond donors (Lipinski definition) is 0. The number of esters is 1. The summed E-state index contributed by atoms with van der Waals surface area (Å²) in [5.41, 5.74) is -0.549. The molecule has 2 atom stereocenters. The maximum atomic E-state index is 12.7. The summed E-state index contributed by atoms with van der Waals surface area (Å²) in [5.74, 6) is -0.310. The van der Waals surface area contributed by atoms with E-state index in [1.54, 1.807) is 4.90 Å². The van der Waals surface area contributed by atoms with Crippen molar-refractivity contribution < 1.29 is 23.5 Å². The van der Waals surface area contributed by atoms with E-state index >= 15 is 0 Å². The number of rotatable bonds is 7. The maximum absolute atomic E-state index is 12.7. The third kappa shape index (κ3) is 8.66. The predicted octanol–water partition coefficient (Wildman–Crippen LogP) is 5.51. The Balaban J connectivity index is 2.78. The van der Waals surface area contributed by atoms with E-state index in [0.29, 0.717) is 19.6 Å². The highest BCUT2D eigenvalue weighted by molar-refractivity contribution is 6.74. The van der Waals surface area contributed by atoms with Gasteiger partial charge < -0.3 is 18.8 Å². The fourth-order valence-electron chi connectivity index (χ4n) is 3.26. The first-order valence-corrected chi connectivity index (χ1v) is 13.9. The molecule has 1 aliphatic rings. The van der Waals surface area contributed by atoms with Gasteiger partial charge in [-0.1, -0.05) is 20.8 Å². The number of amides is 1. The van der Waals surface area contributed by atoms with Crippen LogP contribution in [0, 0.1) is 0 Å². The van der Waals surface area contributed by atoms with Crippen LogP contribution in [0.1, 0.15) is 80.6 Å². The highest BCUT2D eigenvalue weighted by atomic mass is 28.4. The molecule has 0 aromatic heterocycles. The molecule has 6 nitrogen and oxygen atoms in total. The zero-order valence-electron chi connectivity index (χ0n) is 20.1. The average Bonchev–Trinajstić information content (AvgIpc) is 2.54. The molecular weight excluding hydrogens is 386 g/mol. The first kappa shape index (κ1) is 26.0.